The molecule has 0 fully saturated rings. The van der Waals surface area contributed by atoms with E-state index in [1.165, 1.54) is 19.2 Å². The van der Waals surface area contributed by atoms with Crippen molar-refractivity contribution in [1.29, 1.82) is 0 Å². The standard InChI is InChI=1S/C14H22N2O4/c1-9(2)4-6-12(17)14(15)10-5-7-13(20-3)11(8-10)16(18)19/h5,7-9,12,14,17H,4,6,15H2,1-3H3/t12-,14+/m1/s1. The summed E-state index contributed by atoms with van der Waals surface area (Å²) in [5.41, 5.74) is 6.37. The smallest absolute Gasteiger partial charge is 0.311 e. The van der Waals surface area contributed by atoms with Crippen molar-refractivity contribution >= 4 is 5.69 Å². The van der Waals surface area contributed by atoms with Crippen molar-refractivity contribution in [3.8, 4) is 5.75 Å². The molecule has 0 aliphatic carbocycles. The first kappa shape index (κ1) is 16.4. The van der Waals surface area contributed by atoms with Crippen LogP contribution in [0.2, 0.25) is 0 Å². The number of rotatable bonds is 7. The van der Waals surface area contributed by atoms with E-state index in [2.05, 4.69) is 13.8 Å². The molecule has 0 aliphatic rings. The maximum atomic E-state index is 11.0. The van der Waals surface area contributed by atoms with Gasteiger partial charge in [-0.2, -0.15) is 0 Å². The molecule has 1 aromatic carbocycles. The van der Waals surface area contributed by atoms with Crippen molar-refractivity contribution in [2.24, 2.45) is 11.7 Å². The lowest BCUT2D eigenvalue weighted by Gasteiger charge is -2.20. The fraction of sp³-hybridized carbons (Fsp3) is 0.571. The second kappa shape index (κ2) is 7.21. The van der Waals surface area contributed by atoms with Crippen LogP contribution in [-0.2, 0) is 0 Å². The predicted molar refractivity (Wildman–Crippen MR) is 76.7 cm³/mol. The molecule has 6 nitrogen and oxygen atoms in total. The summed E-state index contributed by atoms with van der Waals surface area (Å²) in [4.78, 5) is 10.4. The van der Waals surface area contributed by atoms with E-state index >= 15 is 0 Å². The fourth-order valence-corrected chi connectivity index (χ4v) is 1.96. The lowest BCUT2D eigenvalue weighted by atomic mass is 9.95. The summed E-state index contributed by atoms with van der Waals surface area (Å²) in [5.74, 6) is 0.657. The molecule has 0 radical (unpaired) electrons. The summed E-state index contributed by atoms with van der Waals surface area (Å²) in [6.45, 7) is 4.13. The molecule has 0 heterocycles. The maximum Gasteiger partial charge on any atom is 0.311 e. The van der Waals surface area contributed by atoms with Crippen LogP contribution in [0.1, 0.15) is 38.3 Å². The topological polar surface area (TPSA) is 98.6 Å². The van der Waals surface area contributed by atoms with Crippen LogP contribution in [0.5, 0.6) is 5.75 Å². The molecule has 0 aliphatic heterocycles. The zero-order valence-electron chi connectivity index (χ0n) is 12.1. The van der Waals surface area contributed by atoms with Crippen molar-refractivity contribution < 1.29 is 14.8 Å². The monoisotopic (exact) mass is 282 g/mol. The summed E-state index contributed by atoms with van der Waals surface area (Å²) in [6.07, 6.45) is 0.705. The maximum absolute atomic E-state index is 11.0. The Kier molecular flexibility index (Phi) is 5.91. The van der Waals surface area contributed by atoms with Crippen LogP contribution >= 0.6 is 0 Å². The van der Waals surface area contributed by atoms with Crippen LogP contribution in [0.3, 0.4) is 0 Å². The van der Waals surface area contributed by atoms with Gasteiger partial charge in [-0.15, -0.1) is 0 Å². The fourth-order valence-electron chi connectivity index (χ4n) is 1.96. The molecule has 0 amide bonds. The Bertz CT molecular complexity index is 462. The molecule has 0 spiro atoms. The molecule has 1 rings (SSSR count). The van der Waals surface area contributed by atoms with Gasteiger partial charge in [-0.25, -0.2) is 0 Å². The quantitative estimate of drug-likeness (QED) is 0.591. The van der Waals surface area contributed by atoms with E-state index in [9.17, 15) is 15.2 Å². The van der Waals surface area contributed by atoms with Crippen LogP contribution < -0.4 is 10.5 Å². The van der Waals surface area contributed by atoms with Gasteiger partial charge in [0, 0.05) is 6.07 Å². The van der Waals surface area contributed by atoms with Crippen molar-refractivity contribution in [3.05, 3.63) is 33.9 Å². The van der Waals surface area contributed by atoms with Gasteiger partial charge >= 0.3 is 5.69 Å². The van der Waals surface area contributed by atoms with Gasteiger partial charge in [0.05, 0.1) is 24.2 Å². The first-order valence-electron chi connectivity index (χ1n) is 6.62. The van der Waals surface area contributed by atoms with Crippen molar-refractivity contribution in [1.82, 2.24) is 0 Å². The highest BCUT2D eigenvalue weighted by Gasteiger charge is 2.22. The third-order valence-electron chi connectivity index (χ3n) is 3.24. The average Bonchev–Trinajstić information content (AvgIpc) is 2.42. The molecule has 20 heavy (non-hydrogen) atoms. The second-order valence-corrected chi connectivity index (χ2v) is 5.25. The predicted octanol–water partition coefficient (Wildman–Crippen LogP) is 2.40. The number of aliphatic hydroxyl groups excluding tert-OH is 1. The van der Waals surface area contributed by atoms with Gasteiger partial charge in [-0.3, -0.25) is 10.1 Å². The van der Waals surface area contributed by atoms with E-state index in [1.54, 1.807) is 6.07 Å². The number of nitrogens with two attached hydrogens (primary N) is 1. The number of hydrogen-bond acceptors (Lipinski definition) is 5. The summed E-state index contributed by atoms with van der Waals surface area (Å²) < 4.78 is 4.94. The Labute approximate surface area is 118 Å². The largest absolute Gasteiger partial charge is 0.490 e. The highest BCUT2D eigenvalue weighted by atomic mass is 16.6. The van der Waals surface area contributed by atoms with E-state index < -0.39 is 17.1 Å². The van der Waals surface area contributed by atoms with Crippen molar-refractivity contribution in [3.63, 3.8) is 0 Å². The average molecular weight is 282 g/mol. The number of methoxy groups -OCH3 is 1. The Hall–Kier alpha value is -1.66. The normalized spacial score (nSPS) is 14.1. The Morgan fingerprint density at radius 1 is 1.40 bits per heavy atom. The molecule has 6 heteroatoms. The van der Waals surface area contributed by atoms with E-state index in [1.807, 2.05) is 0 Å². The highest BCUT2D eigenvalue weighted by molar-refractivity contribution is 5.49. The van der Waals surface area contributed by atoms with E-state index in [0.717, 1.165) is 6.42 Å². The number of benzene rings is 1. The minimum atomic E-state index is -0.717. The summed E-state index contributed by atoms with van der Waals surface area (Å²) >= 11 is 0. The molecule has 3 N–H and O–H groups in total. The van der Waals surface area contributed by atoms with Gasteiger partial charge in [-0.05, 0) is 30.4 Å². The molecular weight excluding hydrogens is 260 g/mol. The number of nitro groups is 1. The zero-order chi connectivity index (χ0) is 15.3. The number of nitro benzene ring substituents is 1. The minimum absolute atomic E-state index is 0.142. The first-order chi connectivity index (χ1) is 9.36. The first-order valence-corrected chi connectivity index (χ1v) is 6.62. The van der Waals surface area contributed by atoms with E-state index in [4.69, 9.17) is 10.5 Å². The molecule has 0 aromatic heterocycles. The number of nitrogens with zero attached hydrogens (tertiary/aromatic N) is 1. The van der Waals surface area contributed by atoms with Crippen LogP contribution in [0.25, 0.3) is 0 Å². The lowest BCUT2D eigenvalue weighted by Crippen LogP contribution is -2.26. The molecule has 0 bridgehead atoms. The van der Waals surface area contributed by atoms with Crippen LogP contribution in [0, 0.1) is 16.0 Å². The van der Waals surface area contributed by atoms with Crippen molar-refractivity contribution in [2.45, 2.75) is 38.8 Å². The number of aliphatic hydroxyl groups is 1. The third kappa shape index (κ3) is 4.18. The molecule has 0 unspecified atom stereocenters. The molecule has 2 atom stereocenters. The summed E-state index contributed by atoms with van der Waals surface area (Å²) in [7, 11) is 1.37. The Morgan fingerprint density at radius 2 is 2.05 bits per heavy atom. The Balaban J connectivity index is 2.90. The van der Waals surface area contributed by atoms with E-state index in [-0.39, 0.29) is 11.4 Å². The van der Waals surface area contributed by atoms with Crippen LogP contribution in [0.4, 0.5) is 5.69 Å². The van der Waals surface area contributed by atoms with Crippen molar-refractivity contribution in [2.75, 3.05) is 7.11 Å². The zero-order valence-corrected chi connectivity index (χ0v) is 12.1. The molecule has 0 saturated carbocycles. The van der Waals surface area contributed by atoms with Gasteiger partial charge in [0.25, 0.3) is 0 Å². The van der Waals surface area contributed by atoms with Gasteiger partial charge in [0.2, 0.25) is 0 Å². The lowest BCUT2D eigenvalue weighted by molar-refractivity contribution is -0.385. The highest BCUT2D eigenvalue weighted by Crippen LogP contribution is 2.30. The molecule has 0 saturated heterocycles. The Morgan fingerprint density at radius 3 is 2.55 bits per heavy atom. The van der Waals surface area contributed by atoms with Gasteiger partial charge < -0.3 is 15.6 Å². The molecular formula is C14H22N2O4. The number of hydrogen-bond donors (Lipinski definition) is 2. The van der Waals surface area contributed by atoms with E-state index in [0.29, 0.717) is 17.9 Å². The third-order valence-corrected chi connectivity index (χ3v) is 3.24. The summed E-state index contributed by atoms with van der Waals surface area (Å²) in [6, 6.07) is 3.87. The second-order valence-electron chi connectivity index (χ2n) is 5.25. The van der Waals surface area contributed by atoms with Crippen LogP contribution in [0.15, 0.2) is 18.2 Å². The van der Waals surface area contributed by atoms with Gasteiger partial charge in [0.1, 0.15) is 0 Å². The SMILES string of the molecule is COc1ccc([C@H](N)[C@H](O)CCC(C)C)cc1[N+](=O)[O-]. The molecule has 1 aromatic rings. The minimum Gasteiger partial charge on any atom is -0.490 e. The molecule has 112 valence electrons. The summed E-state index contributed by atoms with van der Waals surface area (Å²) in [5, 5.41) is 21.0. The number of ether oxygens (including phenoxy) is 1. The van der Waals surface area contributed by atoms with Crippen LogP contribution in [-0.4, -0.2) is 23.2 Å². The van der Waals surface area contributed by atoms with Gasteiger partial charge in [0.15, 0.2) is 5.75 Å². The van der Waals surface area contributed by atoms with Gasteiger partial charge in [-0.1, -0.05) is 19.9 Å².